The molecule has 1 rings (SSSR count). The number of rotatable bonds is 2. The summed E-state index contributed by atoms with van der Waals surface area (Å²) >= 11 is 3.28. The number of ether oxygens (including phenoxy) is 1. The van der Waals surface area contributed by atoms with Gasteiger partial charge in [0, 0.05) is 4.47 Å². The van der Waals surface area contributed by atoms with Crippen molar-refractivity contribution in [3.63, 3.8) is 0 Å². The molecule has 0 aliphatic rings. The maximum Gasteiger partial charge on any atom is 0.313 e. The van der Waals surface area contributed by atoms with E-state index in [-0.39, 0.29) is 0 Å². The number of nitrogens with one attached hydrogen (secondary N) is 2. The molecule has 7 heteroatoms. The molecule has 0 aliphatic carbocycles. The topological polar surface area (TPSA) is 67.4 Å². The maximum atomic E-state index is 12.0. The molecule has 21 heavy (non-hydrogen) atoms. The lowest BCUT2D eigenvalue weighted by Crippen LogP contribution is -2.41. The summed E-state index contributed by atoms with van der Waals surface area (Å²) in [6, 6.07) is 5.02. The number of hydrazine groups is 1. The number of hydrogen-bond acceptors (Lipinski definition) is 3. The van der Waals surface area contributed by atoms with E-state index in [0.717, 1.165) is 4.47 Å². The summed E-state index contributed by atoms with van der Waals surface area (Å²) in [5, 5.41) is 0. The van der Waals surface area contributed by atoms with Gasteiger partial charge in [-0.2, -0.15) is 0 Å². The normalized spacial score (nSPS) is 10.1. The minimum atomic E-state index is -1.62. The summed E-state index contributed by atoms with van der Waals surface area (Å²) in [5.41, 5.74) is 7.79. The Morgan fingerprint density at radius 3 is 2.48 bits per heavy atom. The van der Waals surface area contributed by atoms with E-state index in [2.05, 4.69) is 38.2 Å². The number of hydrogen-bond donors (Lipinski definition) is 2. The third-order valence-corrected chi connectivity index (χ3v) is 3.61. The minimum Gasteiger partial charge on any atom is -0.496 e. The number of carbonyl (C=O) groups is 2. The summed E-state index contributed by atoms with van der Waals surface area (Å²) in [6.07, 6.45) is 0. The van der Waals surface area contributed by atoms with Gasteiger partial charge < -0.3 is 4.74 Å². The quantitative estimate of drug-likeness (QED) is 0.477. The Hall–Kier alpha value is -1.78. The number of methoxy groups -OCH3 is 1. The second kappa shape index (κ2) is 7.29. The molecule has 112 valence electrons. The van der Waals surface area contributed by atoms with Crippen LogP contribution in [0.2, 0.25) is 19.6 Å². The fraction of sp³-hybridized carbons (Fsp3) is 0.286. The fourth-order valence-electron chi connectivity index (χ4n) is 1.31. The van der Waals surface area contributed by atoms with Gasteiger partial charge in [-0.15, -0.1) is 5.54 Å². The van der Waals surface area contributed by atoms with Crippen LogP contribution in [0.15, 0.2) is 22.7 Å². The van der Waals surface area contributed by atoms with Gasteiger partial charge in [0.25, 0.3) is 5.91 Å². The second-order valence-electron chi connectivity index (χ2n) is 5.25. The molecule has 2 amide bonds. The smallest absolute Gasteiger partial charge is 0.313 e. The molecule has 0 heterocycles. The van der Waals surface area contributed by atoms with Crippen LogP contribution >= 0.6 is 15.9 Å². The Morgan fingerprint density at radius 1 is 1.24 bits per heavy atom. The van der Waals surface area contributed by atoms with Gasteiger partial charge in [0.15, 0.2) is 0 Å². The molecule has 0 aromatic heterocycles. The third kappa shape index (κ3) is 6.02. The predicted octanol–water partition coefficient (Wildman–Crippen LogP) is 2.10. The molecule has 0 aliphatic heterocycles. The highest BCUT2D eigenvalue weighted by molar-refractivity contribution is 9.10. The zero-order valence-electron chi connectivity index (χ0n) is 12.3. The Morgan fingerprint density at radius 2 is 1.90 bits per heavy atom. The van der Waals surface area contributed by atoms with E-state index in [1.807, 2.05) is 19.6 Å². The number of halogens is 1. The van der Waals surface area contributed by atoms with Crippen molar-refractivity contribution in [2.75, 3.05) is 7.11 Å². The van der Waals surface area contributed by atoms with Crippen molar-refractivity contribution < 1.29 is 14.3 Å². The predicted molar refractivity (Wildman–Crippen MR) is 87.4 cm³/mol. The lowest BCUT2D eigenvalue weighted by Gasteiger charge is -2.09. The Labute approximate surface area is 133 Å². The molecule has 1 aromatic carbocycles. The average Bonchev–Trinajstić information content (AvgIpc) is 2.41. The van der Waals surface area contributed by atoms with Crippen molar-refractivity contribution in [2.45, 2.75) is 19.6 Å². The van der Waals surface area contributed by atoms with Crippen molar-refractivity contribution >= 4 is 35.8 Å². The summed E-state index contributed by atoms with van der Waals surface area (Å²) in [4.78, 5) is 23.5. The highest BCUT2D eigenvalue weighted by atomic mass is 79.9. The number of carbonyl (C=O) groups excluding carboxylic acids is 2. The molecule has 0 atom stereocenters. The molecular formula is C14H17BrN2O3Si. The Kier molecular flexibility index (Phi) is 5.99. The van der Waals surface area contributed by atoms with Gasteiger partial charge >= 0.3 is 5.91 Å². The first-order valence-electron chi connectivity index (χ1n) is 6.20. The van der Waals surface area contributed by atoms with E-state index in [1.165, 1.54) is 7.11 Å². The van der Waals surface area contributed by atoms with Gasteiger partial charge in [-0.05, 0) is 24.1 Å². The number of amides is 2. The first kappa shape index (κ1) is 17.3. The van der Waals surface area contributed by atoms with E-state index in [0.29, 0.717) is 11.3 Å². The zero-order valence-corrected chi connectivity index (χ0v) is 14.9. The molecular weight excluding hydrogens is 352 g/mol. The SMILES string of the molecule is COc1ccc(Br)cc1C(=O)NNC(=O)C#C[Si](C)(C)C. The van der Waals surface area contributed by atoms with Crippen LogP contribution in [0.1, 0.15) is 10.4 Å². The summed E-state index contributed by atoms with van der Waals surface area (Å²) < 4.78 is 5.84. The fourth-order valence-corrected chi connectivity index (χ4v) is 2.16. The van der Waals surface area contributed by atoms with Crippen LogP contribution in [0.5, 0.6) is 5.75 Å². The van der Waals surface area contributed by atoms with Crippen molar-refractivity contribution in [1.82, 2.24) is 10.9 Å². The van der Waals surface area contributed by atoms with E-state index in [1.54, 1.807) is 18.2 Å². The van der Waals surface area contributed by atoms with Crippen LogP contribution < -0.4 is 15.6 Å². The lowest BCUT2D eigenvalue weighted by atomic mass is 10.2. The highest BCUT2D eigenvalue weighted by Gasteiger charge is 2.13. The summed E-state index contributed by atoms with van der Waals surface area (Å²) in [6.45, 7) is 6.08. The summed E-state index contributed by atoms with van der Waals surface area (Å²) in [5.74, 6) is 1.87. The monoisotopic (exact) mass is 368 g/mol. The molecule has 0 radical (unpaired) electrons. The van der Waals surface area contributed by atoms with Crippen molar-refractivity contribution in [2.24, 2.45) is 0 Å². The lowest BCUT2D eigenvalue weighted by molar-refractivity contribution is -0.116. The zero-order chi connectivity index (χ0) is 16.0. The molecule has 0 bridgehead atoms. The van der Waals surface area contributed by atoms with Crippen molar-refractivity contribution in [1.29, 1.82) is 0 Å². The van der Waals surface area contributed by atoms with Crippen LogP contribution in [-0.4, -0.2) is 27.0 Å². The van der Waals surface area contributed by atoms with Crippen LogP contribution in [0, 0.1) is 11.5 Å². The average molecular weight is 369 g/mol. The highest BCUT2D eigenvalue weighted by Crippen LogP contribution is 2.22. The maximum absolute atomic E-state index is 12.0. The van der Waals surface area contributed by atoms with Gasteiger partial charge in [-0.3, -0.25) is 20.4 Å². The van der Waals surface area contributed by atoms with Crippen LogP contribution in [0.3, 0.4) is 0 Å². The molecule has 0 unspecified atom stereocenters. The molecule has 0 fully saturated rings. The molecule has 2 N–H and O–H groups in total. The molecule has 5 nitrogen and oxygen atoms in total. The van der Waals surface area contributed by atoms with Crippen LogP contribution in [0.25, 0.3) is 0 Å². The Bertz CT molecular complexity index is 615. The van der Waals surface area contributed by atoms with Crippen molar-refractivity contribution in [3.05, 3.63) is 28.2 Å². The standard InChI is InChI=1S/C14H17BrN2O3Si/c1-20-12-6-5-10(15)9-11(12)14(19)17-16-13(18)7-8-21(2,3)4/h5-6,9H,1-4H3,(H,16,18)(H,17,19). The van der Waals surface area contributed by atoms with E-state index >= 15 is 0 Å². The van der Waals surface area contributed by atoms with Crippen LogP contribution in [-0.2, 0) is 4.79 Å². The van der Waals surface area contributed by atoms with Gasteiger partial charge in [0.1, 0.15) is 13.8 Å². The van der Waals surface area contributed by atoms with Crippen molar-refractivity contribution in [3.8, 4) is 17.2 Å². The van der Waals surface area contributed by atoms with E-state index in [9.17, 15) is 9.59 Å². The van der Waals surface area contributed by atoms with Gasteiger partial charge in [0.05, 0.1) is 12.7 Å². The minimum absolute atomic E-state index is 0.310. The third-order valence-electron chi connectivity index (χ3n) is 2.25. The molecule has 1 aromatic rings. The largest absolute Gasteiger partial charge is 0.496 e. The van der Waals surface area contributed by atoms with Gasteiger partial charge in [-0.25, -0.2) is 0 Å². The Balaban J connectivity index is 2.72. The van der Waals surface area contributed by atoms with E-state index < -0.39 is 19.9 Å². The second-order valence-corrected chi connectivity index (χ2v) is 10.9. The van der Waals surface area contributed by atoms with Crippen LogP contribution in [0.4, 0.5) is 0 Å². The van der Waals surface area contributed by atoms with E-state index in [4.69, 9.17) is 4.74 Å². The first-order chi connectivity index (χ1) is 9.73. The van der Waals surface area contributed by atoms with Gasteiger partial charge in [0.2, 0.25) is 0 Å². The number of benzene rings is 1. The molecule has 0 spiro atoms. The first-order valence-corrected chi connectivity index (χ1v) is 10.5. The molecule has 0 saturated heterocycles. The van der Waals surface area contributed by atoms with Gasteiger partial charge in [-0.1, -0.05) is 35.6 Å². The summed E-state index contributed by atoms with van der Waals surface area (Å²) in [7, 11) is -0.153. The molecule has 0 saturated carbocycles.